The topological polar surface area (TPSA) is 28.7 Å². The predicted octanol–water partition coefficient (Wildman–Crippen LogP) is 3.48. The van der Waals surface area contributed by atoms with Crippen molar-refractivity contribution < 1.29 is 0 Å². The molecule has 0 radical (unpaired) electrons. The van der Waals surface area contributed by atoms with Crippen molar-refractivity contribution >= 4 is 23.6 Å². The lowest BCUT2D eigenvalue weighted by Gasteiger charge is -1.98. The minimum atomic E-state index is 0.547. The van der Waals surface area contributed by atoms with Crippen LogP contribution in [0.2, 0.25) is 0 Å². The quantitative estimate of drug-likeness (QED) is 0.748. The highest BCUT2D eigenvalue weighted by Gasteiger charge is 2.02. The molecule has 0 fully saturated rings. The maximum atomic E-state index is 5.03. The molecule has 0 atom stereocenters. The van der Waals surface area contributed by atoms with E-state index in [1.54, 1.807) is 11.3 Å². The summed E-state index contributed by atoms with van der Waals surface area (Å²) in [5.74, 6) is 0. The summed E-state index contributed by atoms with van der Waals surface area (Å²) in [5.41, 5.74) is 2.01. The SMILES string of the molecule is Cc1cc(-c2ccc(C)s2)nc(=S)[nH]1. The van der Waals surface area contributed by atoms with E-state index in [0.29, 0.717) is 4.77 Å². The van der Waals surface area contributed by atoms with Gasteiger partial charge in [0.1, 0.15) is 0 Å². The Bertz CT molecular complexity index is 511. The van der Waals surface area contributed by atoms with Crippen LogP contribution < -0.4 is 0 Å². The lowest BCUT2D eigenvalue weighted by Crippen LogP contribution is -1.88. The molecule has 0 bridgehead atoms. The molecule has 0 aliphatic heterocycles. The van der Waals surface area contributed by atoms with Crippen molar-refractivity contribution in [2.75, 3.05) is 0 Å². The van der Waals surface area contributed by atoms with Crippen molar-refractivity contribution in [2.45, 2.75) is 13.8 Å². The van der Waals surface area contributed by atoms with Gasteiger partial charge in [-0.3, -0.25) is 0 Å². The highest BCUT2D eigenvalue weighted by molar-refractivity contribution is 7.71. The molecule has 0 aromatic carbocycles. The average Bonchev–Trinajstić information content (AvgIpc) is 2.50. The van der Waals surface area contributed by atoms with E-state index in [4.69, 9.17) is 12.2 Å². The summed E-state index contributed by atoms with van der Waals surface area (Å²) >= 11 is 6.77. The van der Waals surface area contributed by atoms with Crippen LogP contribution in [-0.2, 0) is 0 Å². The van der Waals surface area contributed by atoms with Crippen LogP contribution in [0.1, 0.15) is 10.6 Å². The molecule has 4 heteroatoms. The van der Waals surface area contributed by atoms with Gasteiger partial charge in [-0.1, -0.05) is 0 Å². The van der Waals surface area contributed by atoms with Crippen molar-refractivity contribution in [3.8, 4) is 10.6 Å². The standard InChI is InChI=1S/C10H10N2S2/c1-6-5-8(12-10(13)11-6)9-4-3-7(2)14-9/h3-5H,1-2H3,(H,11,12,13). The van der Waals surface area contributed by atoms with Crippen molar-refractivity contribution in [1.82, 2.24) is 9.97 Å². The van der Waals surface area contributed by atoms with E-state index in [0.717, 1.165) is 11.4 Å². The van der Waals surface area contributed by atoms with Crippen molar-refractivity contribution in [2.24, 2.45) is 0 Å². The Labute approximate surface area is 91.7 Å². The Hall–Kier alpha value is -1.00. The van der Waals surface area contributed by atoms with Gasteiger partial charge in [0, 0.05) is 10.6 Å². The Balaban J connectivity index is 2.56. The van der Waals surface area contributed by atoms with Crippen LogP contribution in [0.15, 0.2) is 18.2 Å². The zero-order chi connectivity index (χ0) is 10.1. The van der Waals surface area contributed by atoms with Crippen LogP contribution >= 0.6 is 23.6 Å². The largest absolute Gasteiger partial charge is 0.335 e. The monoisotopic (exact) mass is 222 g/mol. The minimum absolute atomic E-state index is 0.547. The molecule has 72 valence electrons. The molecular formula is C10H10N2S2. The predicted molar refractivity (Wildman–Crippen MR) is 62.2 cm³/mol. The lowest BCUT2D eigenvalue weighted by atomic mass is 10.3. The maximum absolute atomic E-state index is 5.03. The van der Waals surface area contributed by atoms with Gasteiger partial charge in [0.15, 0.2) is 4.77 Å². The van der Waals surface area contributed by atoms with Gasteiger partial charge in [-0.25, -0.2) is 4.98 Å². The fourth-order valence-electron chi connectivity index (χ4n) is 1.28. The number of H-pyrrole nitrogens is 1. The summed E-state index contributed by atoms with van der Waals surface area (Å²) in [7, 11) is 0. The fourth-order valence-corrected chi connectivity index (χ4v) is 2.37. The van der Waals surface area contributed by atoms with E-state index in [9.17, 15) is 0 Å². The maximum Gasteiger partial charge on any atom is 0.197 e. The molecule has 0 spiro atoms. The first-order chi connectivity index (χ1) is 6.65. The van der Waals surface area contributed by atoms with Crippen LogP contribution in [0.3, 0.4) is 0 Å². The molecule has 0 unspecified atom stereocenters. The first-order valence-corrected chi connectivity index (χ1v) is 5.52. The Morgan fingerprint density at radius 1 is 1.36 bits per heavy atom. The van der Waals surface area contributed by atoms with E-state index in [2.05, 4.69) is 29.0 Å². The third-order valence-corrected chi connectivity index (χ3v) is 3.09. The van der Waals surface area contributed by atoms with Gasteiger partial charge < -0.3 is 4.98 Å². The second-order valence-electron chi connectivity index (χ2n) is 3.16. The molecule has 0 saturated heterocycles. The summed E-state index contributed by atoms with van der Waals surface area (Å²) in [4.78, 5) is 9.74. The number of thiophene rings is 1. The Morgan fingerprint density at radius 3 is 2.71 bits per heavy atom. The zero-order valence-corrected chi connectivity index (χ0v) is 9.63. The van der Waals surface area contributed by atoms with Gasteiger partial charge in [-0.15, -0.1) is 11.3 Å². The number of hydrogen-bond donors (Lipinski definition) is 1. The van der Waals surface area contributed by atoms with E-state index < -0.39 is 0 Å². The summed E-state index contributed by atoms with van der Waals surface area (Å²) in [6.45, 7) is 4.08. The summed E-state index contributed by atoms with van der Waals surface area (Å²) in [5, 5.41) is 0. The van der Waals surface area contributed by atoms with E-state index >= 15 is 0 Å². The molecule has 14 heavy (non-hydrogen) atoms. The molecule has 0 amide bonds. The first-order valence-electron chi connectivity index (χ1n) is 4.30. The third kappa shape index (κ3) is 1.91. The molecule has 2 aromatic rings. The summed E-state index contributed by atoms with van der Waals surface area (Å²) in [6.07, 6.45) is 0. The number of aromatic amines is 1. The Kier molecular flexibility index (Phi) is 2.48. The number of nitrogens with one attached hydrogen (secondary N) is 1. The van der Waals surface area contributed by atoms with Gasteiger partial charge in [-0.2, -0.15) is 0 Å². The number of nitrogens with zero attached hydrogens (tertiary/aromatic N) is 1. The van der Waals surface area contributed by atoms with Gasteiger partial charge in [0.2, 0.25) is 0 Å². The average molecular weight is 222 g/mol. The third-order valence-electron chi connectivity index (χ3n) is 1.87. The van der Waals surface area contributed by atoms with Crippen LogP contribution in [0.5, 0.6) is 0 Å². The van der Waals surface area contributed by atoms with E-state index in [-0.39, 0.29) is 0 Å². The molecule has 1 N–H and O–H groups in total. The summed E-state index contributed by atoms with van der Waals surface area (Å²) < 4.78 is 0.547. The second kappa shape index (κ2) is 3.63. The van der Waals surface area contributed by atoms with E-state index in [1.165, 1.54) is 9.75 Å². The van der Waals surface area contributed by atoms with Gasteiger partial charge >= 0.3 is 0 Å². The molecule has 0 aliphatic carbocycles. The fraction of sp³-hybridized carbons (Fsp3) is 0.200. The highest BCUT2D eigenvalue weighted by Crippen LogP contribution is 2.25. The van der Waals surface area contributed by atoms with Gasteiger partial charge in [-0.05, 0) is 44.3 Å². The number of aromatic nitrogens is 2. The smallest absolute Gasteiger partial charge is 0.197 e. The number of aryl methyl sites for hydroxylation is 2. The number of rotatable bonds is 1. The van der Waals surface area contributed by atoms with Crippen molar-refractivity contribution in [1.29, 1.82) is 0 Å². The minimum Gasteiger partial charge on any atom is -0.335 e. The Morgan fingerprint density at radius 2 is 2.14 bits per heavy atom. The molecule has 2 aromatic heterocycles. The van der Waals surface area contributed by atoms with Gasteiger partial charge in [0.05, 0.1) is 10.6 Å². The normalized spacial score (nSPS) is 10.4. The second-order valence-corrected chi connectivity index (χ2v) is 4.84. The molecule has 0 aliphatic rings. The van der Waals surface area contributed by atoms with Crippen LogP contribution in [0.25, 0.3) is 10.6 Å². The number of hydrogen-bond acceptors (Lipinski definition) is 3. The van der Waals surface area contributed by atoms with Crippen molar-refractivity contribution in [3.63, 3.8) is 0 Å². The molecule has 2 rings (SSSR count). The van der Waals surface area contributed by atoms with Crippen LogP contribution in [-0.4, -0.2) is 9.97 Å². The van der Waals surface area contributed by atoms with E-state index in [1.807, 2.05) is 13.0 Å². The molecule has 2 nitrogen and oxygen atoms in total. The van der Waals surface area contributed by atoms with Crippen molar-refractivity contribution in [3.05, 3.63) is 33.5 Å². The summed E-state index contributed by atoms with van der Waals surface area (Å²) in [6, 6.07) is 6.19. The highest BCUT2D eigenvalue weighted by atomic mass is 32.1. The first kappa shape index (κ1) is 9.55. The van der Waals surface area contributed by atoms with Gasteiger partial charge in [0.25, 0.3) is 0 Å². The molecular weight excluding hydrogens is 212 g/mol. The molecule has 0 saturated carbocycles. The molecule has 2 heterocycles. The zero-order valence-electron chi connectivity index (χ0n) is 8.00. The van der Waals surface area contributed by atoms with Crippen LogP contribution in [0, 0.1) is 18.6 Å². The van der Waals surface area contributed by atoms with Crippen LogP contribution in [0.4, 0.5) is 0 Å². The lowest BCUT2D eigenvalue weighted by molar-refractivity contribution is 1.08.